The minimum atomic E-state index is -1.06. The third-order valence-electron chi connectivity index (χ3n) is 4.00. The Morgan fingerprint density at radius 3 is 2.50 bits per heavy atom. The van der Waals surface area contributed by atoms with E-state index in [9.17, 15) is 19.5 Å². The highest BCUT2D eigenvalue weighted by Gasteiger charge is 2.38. The Hall–Kier alpha value is -2.91. The number of nitrogens with one attached hydrogen (secondary N) is 2. The number of carboxylic acids is 1. The van der Waals surface area contributed by atoms with E-state index >= 15 is 0 Å². The maximum absolute atomic E-state index is 12.6. The third-order valence-corrected chi connectivity index (χ3v) is 5.51. The fourth-order valence-electron chi connectivity index (χ4n) is 2.66. The summed E-state index contributed by atoms with van der Waals surface area (Å²) in [5.41, 5.74) is 3.91. The molecule has 1 fully saturated rings. The van der Waals surface area contributed by atoms with Gasteiger partial charge >= 0.3 is 5.97 Å². The quantitative estimate of drug-likeness (QED) is 0.597. The van der Waals surface area contributed by atoms with E-state index in [1.807, 2.05) is 30.3 Å². The molecule has 9 heteroatoms. The molecule has 0 aromatic heterocycles. The molecule has 0 radical (unpaired) electrons. The highest BCUT2D eigenvalue weighted by atomic mass is 32.2. The molecule has 1 aliphatic rings. The first-order valence-electron chi connectivity index (χ1n) is 8.40. The number of rotatable bonds is 7. The normalized spacial score (nSPS) is 16.1. The lowest BCUT2D eigenvalue weighted by Gasteiger charge is -2.17. The summed E-state index contributed by atoms with van der Waals surface area (Å²) in [6, 6.07) is 15.6. The van der Waals surface area contributed by atoms with Crippen molar-refractivity contribution in [3.8, 4) is 0 Å². The van der Waals surface area contributed by atoms with Crippen LogP contribution in [0.15, 0.2) is 54.6 Å². The number of benzene rings is 2. The molecule has 0 bridgehead atoms. The summed E-state index contributed by atoms with van der Waals surface area (Å²) >= 11 is 6.35. The van der Waals surface area contributed by atoms with Crippen LogP contribution in [-0.4, -0.2) is 44.0 Å². The summed E-state index contributed by atoms with van der Waals surface area (Å²) in [5, 5.41) is 12.7. The van der Waals surface area contributed by atoms with E-state index in [4.69, 9.17) is 12.2 Å². The average Bonchev–Trinajstić information content (AvgIpc) is 2.94. The van der Waals surface area contributed by atoms with E-state index in [2.05, 4.69) is 10.7 Å². The number of carbonyl (C=O) groups is 3. The molecule has 1 aliphatic heterocycles. The zero-order valence-corrected chi connectivity index (χ0v) is 16.3. The van der Waals surface area contributed by atoms with Gasteiger partial charge in [0.25, 0.3) is 5.91 Å². The van der Waals surface area contributed by atoms with Gasteiger partial charge in [-0.05, 0) is 17.7 Å². The molecule has 3 N–H and O–H groups in total. The predicted molar refractivity (Wildman–Crippen MR) is 111 cm³/mol. The van der Waals surface area contributed by atoms with Gasteiger partial charge < -0.3 is 10.4 Å². The number of hydrogen-bond donors (Lipinski definition) is 3. The van der Waals surface area contributed by atoms with Gasteiger partial charge in [0.1, 0.15) is 5.25 Å². The van der Waals surface area contributed by atoms with Gasteiger partial charge in [0.15, 0.2) is 4.32 Å². The molecule has 1 saturated heterocycles. The molecule has 2 amide bonds. The predicted octanol–water partition coefficient (Wildman–Crippen LogP) is 2.30. The Kier molecular flexibility index (Phi) is 6.27. The van der Waals surface area contributed by atoms with Crippen LogP contribution in [0.25, 0.3) is 0 Å². The number of hydrazine groups is 1. The largest absolute Gasteiger partial charge is 0.478 e. The van der Waals surface area contributed by atoms with E-state index in [1.54, 1.807) is 18.2 Å². The van der Waals surface area contributed by atoms with Crippen molar-refractivity contribution < 1.29 is 19.5 Å². The fourth-order valence-corrected chi connectivity index (χ4v) is 4.00. The molecule has 144 valence electrons. The molecular formula is C19H17N3O4S2. The summed E-state index contributed by atoms with van der Waals surface area (Å²) in [7, 11) is 0. The Labute approximate surface area is 171 Å². The smallest absolute Gasteiger partial charge is 0.337 e. The van der Waals surface area contributed by atoms with Crippen LogP contribution in [0.3, 0.4) is 0 Å². The Balaban J connectivity index is 1.59. The van der Waals surface area contributed by atoms with Crippen molar-refractivity contribution in [3.05, 3.63) is 65.7 Å². The number of hydrogen-bond acceptors (Lipinski definition) is 6. The molecule has 2 aromatic rings. The highest BCUT2D eigenvalue weighted by molar-refractivity contribution is 8.24. The number of aromatic carboxylic acids is 1. The summed E-state index contributed by atoms with van der Waals surface area (Å²) < 4.78 is 0.254. The van der Waals surface area contributed by atoms with E-state index in [0.717, 1.165) is 22.3 Å². The topological polar surface area (TPSA) is 98.7 Å². The van der Waals surface area contributed by atoms with Crippen LogP contribution in [0.1, 0.15) is 15.9 Å². The van der Waals surface area contributed by atoms with Crippen LogP contribution in [0.4, 0.5) is 5.69 Å². The molecule has 2 aromatic carbocycles. The van der Waals surface area contributed by atoms with Crippen molar-refractivity contribution in [2.75, 3.05) is 11.9 Å². The summed E-state index contributed by atoms with van der Waals surface area (Å²) in [4.78, 5) is 36.1. The van der Waals surface area contributed by atoms with Crippen LogP contribution in [0, 0.1) is 0 Å². The number of thioether (sulfide) groups is 1. The highest BCUT2D eigenvalue weighted by Crippen LogP contribution is 2.27. The average molecular weight is 415 g/mol. The van der Waals surface area contributed by atoms with Crippen molar-refractivity contribution in [1.82, 2.24) is 10.4 Å². The second-order valence-corrected chi connectivity index (χ2v) is 7.81. The lowest BCUT2D eigenvalue weighted by Crippen LogP contribution is -2.47. The van der Waals surface area contributed by atoms with Gasteiger partial charge in [-0.2, -0.15) is 0 Å². The SMILES string of the molecule is O=C(Cc1ccccc1)NN1C(=O)C(CNc2ccccc2C(=O)O)SC1=S. The van der Waals surface area contributed by atoms with E-state index in [0.29, 0.717) is 5.69 Å². The number of thiocarbonyl (C=S) groups is 1. The fraction of sp³-hybridized carbons (Fsp3) is 0.158. The van der Waals surface area contributed by atoms with Crippen molar-refractivity contribution >= 4 is 51.8 Å². The van der Waals surface area contributed by atoms with Gasteiger partial charge in [0, 0.05) is 12.2 Å². The minimum Gasteiger partial charge on any atom is -0.478 e. The number of nitrogens with zero attached hydrogens (tertiary/aromatic N) is 1. The third kappa shape index (κ3) is 4.68. The van der Waals surface area contributed by atoms with Gasteiger partial charge in [-0.3, -0.25) is 15.0 Å². The van der Waals surface area contributed by atoms with Gasteiger partial charge in [-0.25, -0.2) is 9.80 Å². The zero-order chi connectivity index (χ0) is 20.1. The molecule has 28 heavy (non-hydrogen) atoms. The van der Waals surface area contributed by atoms with Crippen molar-refractivity contribution in [2.24, 2.45) is 0 Å². The van der Waals surface area contributed by atoms with Crippen LogP contribution >= 0.6 is 24.0 Å². The standard InChI is InChI=1S/C19H17N3O4S2/c23-16(10-12-6-2-1-3-7-12)21-22-17(24)15(28-19(22)27)11-20-14-9-5-4-8-13(14)18(25)26/h1-9,15,20H,10-11H2,(H,21,23)(H,25,26). The van der Waals surface area contributed by atoms with E-state index in [-0.39, 0.29) is 34.7 Å². The maximum atomic E-state index is 12.6. The second-order valence-electron chi connectivity index (χ2n) is 5.98. The summed E-state index contributed by atoms with van der Waals surface area (Å²) in [6.45, 7) is 0.180. The number of carboxylic acid groups (broad SMARTS) is 1. The first kappa shape index (κ1) is 19.8. The van der Waals surface area contributed by atoms with Crippen LogP contribution in [0.2, 0.25) is 0 Å². The number of amides is 2. The van der Waals surface area contributed by atoms with Gasteiger partial charge in [0.2, 0.25) is 5.91 Å². The first-order valence-corrected chi connectivity index (χ1v) is 9.68. The van der Waals surface area contributed by atoms with Crippen LogP contribution in [-0.2, 0) is 16.0 Å². The molecule has 0 spiro atoms. The molecule has 3 rings (SSSR count). The number of anilines is 1. The molecule has 0 aliphatic carbocycles. The molecule has 1 unspecified atom stereocenters. The summed E-state index contributed by atoms with van der Waals surface area (Å²) in [5.74, 6) is -1.75. The number of carbonyl (C=O) groups excluding carboxylic acids is 2. The maximum Gasteiger partial charge on any atom is 0.337 e. The monoisotopic (exact) mass is 415 g/mol. The van der Waals surface area contributed by atoms with Crippen LogP contribution in [0.5, 0.6) is 0 Å². The molecule has 1 atom stereocenters. The second kappa shape index (κ2) is 8.85. The van der Waals surface area contributed by atoms with Gasteiger partial charge in [0.05, 0.1) is 12.0 Å². The van der Waals surface area contributed by atoms with Gasteiger partial charge in [-0.1, -0.05) is 66.4 Å². The molecular weight excluding hydrogens is 398 g/mol. The molecule has 7 nitrogen and oxygen atoms in total. The molecule has 1 heterocycles. The zero-order valence-electron chi connectivity index (χ0n) is 14.6. The lowest BCUT2D eigenvalue weighted by molar-refractivity contribution is -0.135. The molecule has 0 saturated carbocycles. The van der Waals surface area contributed by atoms with E-state index in [1.165, 1.54) is 6.07 Å². The van der Waals surface area contributed by atoms with Gasteiger partial charge in [-0.15, -0.1) is 0 Å². The van der Waals surface area contributed by atoms with Crippen molar-refractivity contribution in [3.63, 3.8) is 0 Å². The van der Waals surface area contributed by atoms with E-state index < -0.39 is 11.2 Å². The Morgan fingerprint density at radius 1 is 1.11 bits per heavy atom. The first-order chi connectivity index (χ1) is 13.5. The number of para-hydroxylation sites is 1. The van der Waals surface area contributed by atoms with Crippen molar-refractivity contribution in [1.29, 1.82) is 0 Å². The summed E-state index contributed by atoms with van der Waals surface area (Å²) in [6.07, 6.45) is 0.132. The Bertz CT molecular complexity index is 920. The lowest BCUT2D eigenvalue weighted by atomic mass is 10.1. The Morgan fingerprint density at radius 2 is 1.79 bits per heavy atom. The van der Waals surface area contributed by atoms with Crippen molar-refractivity contribution in [2.45, 2.75) is 11.7 Å². The minimum absolute atomic E-state index is 0.119. The van der Waals surface area contributed by atoms with Crippen LogP contribution < -0.4 is 10.7 Å².